The van der Waals surface area contributed by atoms with Crippen molar-refractivity contribution in [1.82, 2.24) is 0 Å². The van der Waals surface area contributed by atoms with Crippen LogP contribution in [0.1, 0.15) is 17.3 Å². The van der Waals surface area contributed by atoms with Crippen LogP contribution in [0.4, 0.5) is 0 Å². The Balaban J connectivity index is 2.46. The molecule has 2 aromatic rings. The largest absolute Gasteiger partial charge is 0.508 e. The third-order valence-corrected chi connectivity index (χ3v) is 2.88. The van der Waals surface area contributed by atoms with Gasteiger partial charge in [-0.15, -0.1) is 0 Å². The van der Waals surface area contributed by atoms with Crippen LogP contribution in [0.2, 0.25) is 5.02 Å². The molecule has 0 fully saturated rings. The van der Waals surface area contributed by atoms with Crippen molar-refractivity contribution in [2.24, 2.45) is 0 Å². The molecule has 0 bridgehead atoms. The maximum Gasteiger partial charge on any atom is 0.159 e. The van der Waals surface area contributed by atoms with Crippen LogP contribution in [-0.2, 0) is 0 Å². The smallest absolute Gasteiger partial charge is 0.159 e. The predicted molar refractivity (Wildman–Crippen MR) is 68.6 cm³/mol. The van der Waals surface area contributed by atoms with E-state index in [0.717, 1.165) is 11.1 Å². The van der Waals surface area contributed by atoms with Crippen LogP contribution in [0.5, 0.6) is 5.75 Å². The summed E-state index contributed by atoms with van der Waals surface area (Å²) < 4.78 is 0. The number of phenols is 1. The van der Waals surface area contributed by atoms with Gasteiger partial charge in [0, 0.05) is 16.1 Å². The summed E-state index contributed by atoms with van der Waals surface area (Å²) in [5.74, 6) is 0.193. The van der Waals surface area contributed by atoms with Crippen LogP contribution in [0.25, 0.3) is 11.1 Å². The molecule has 0 spiro atoms. The van der Waals surface area contributed by atoms with Crippen molar-refractivity contribution in [1.29, 1.82) is 0 Å². The standard InChI is InChI=1S/C14H11ClO2/c1-9(16)10-2-4-11(5-3-10)13-8-12(17)6-7-14(13)15/h2-8,17H,1H3. The Morgan fingerprint density at radius 2 is 1.76 bits per heavy atom. The van der Waals surface area contributed by atoms with E-state index in [9.17, 15) is 9.90 Å². The van der Waals surface area contributed by atoms with E-state index in [4.69, 9.17) is 11.6 Å². The molecule has 2 aromatic carbocycles. The quantitative estimate of drug-likeness (QED) is 0.816. The van der Waals surface area contributed by atoms with E-state index >= 15 is 0 Å². The molecule has 0 aliphatic heterocycles. The van der Waals surface area contributed by atoms with Crippen molar-refractivity contribution in [3.63, 3.8) is 0 Å². The second-order valence-corrected chi connectivity index (χ2v) is 4.20. The van der Waals surface area contributed by atoms with Crippen LogP contribution in [0.15, 0.2) is 42.5 Å². The minimum Gasteiger partial charge on any atom is -0.508 e. The van der Waals surface area contributed by atoms with E-state index in [2.05, 4.69) is 0 Å². The van der Waals surface area contributed by atoms with Gasteiger partial charge in [0.15, 0.2) is 5.78 Å². The van der Waals surface area contributed by atoms with E-state index in [1.807, 2.05) is 12.1 Å². The molecule has 0 heterocycles. The molecule has 0 atom stereocenters. The highest BCUT2D eigenvalue weighted by Crippen LogP contribution is 2.31. The summed E-state index contributed by atoms with van der Waals surface area (Å²) in [6, 6.07) is 11.9. The van der Waals surface area contributed by atoms with Crippen LogP contribution >= 0.6 is 11.6 Å². The first-order valence-electron chi connectivity index (χ1n) is 5.18. The zero-order valence-electron chi connectivity index (χ0n) is 9.27. The number of Topliss-reactive ketones (excluding diaryl/α,β-unsaturated/α-hetero) is 1. The molecular formula is C14H11ClO2. The Morgan fingerprint density at radius 3 is 2.35 bits per heavy atom. The number of hydrogen-bond donors (Lipinski definition) is 1. The number of carbonyl (C=O) groups is 1. The summed E-state index contributed by atoms with van der Waals surface area (Å²) in [6.07, 6.45) is 0. The lowest BCUT2D eigenvalue weighted by atomic mass is 10.0. The van der Waals surface area contributed by atoms with E-state index in [-0.39, 0.29) is 11.5 Å². The molecule has 0 saturated heterocycles. The van der Waals surface area contributed by atoms with Gasteiger partial charge in [0.05, 0.1) is 0 Å². The number of ketones is 1. The van der Waals surface area contributed by atoms with Crippen LogP contribution in [0, 0.1) is 0 Å². The normalized spacial score (nSPS) is 10.2. The molecule has 0 aliphatic carbocycles. The molecule has 0 aliphatic rings. The van der Waals surface area contributed by atoms with Crippen molar-refractivity contribution in [3.05, 3.63) is 53.1 Å². The molecule has 0 saturated carbocycles. The summed E-state index contributed by atoms with van der Waals surface area (Å²) in [4.78, 5) is 11.1. The highest BCUT2D eigenvalue weighted by molar-refractivity contribution is 6.33. The molecule has 86 valence electrons. The number of rotatable bonds is 2. The monoisotopic (exact) mass is 246 g/mol. The lowest BCUT2D eigenvalue weighted by Gasteiger charge is -2.05. The summed E-state index contributed by atoms with van der Waals surface area (Å²) in [6.45, 7) is 1.52. The molecule has 3 heteroatoms. The Hall–Kier alpha value is -1.80. The molecule has 2 nitrogen and oxygen atoms in total. The van der Waals surface area contributed by atoms with Gasteiger partial charge >= 0.3 is 0 Å². The van der Waals surface area contributed by atoms with Gasteiger partial charge < -0.3 is 5.11 Å². The fourth-order valence-electron chi connectivity index (χ4n) is 1.62. The van der Waals surface area contributed by atoms with Gasteiger partial charge in [-0.1, -0.05) is 35.9 Å². The number of phenolic OH excluding ortho intramolecular Hbond substituents is 1. The summed E-state index contributed by atoms with van der Waals surface area (Å²) in [5, 5.41) is 10.00. The molecular weight excluding hydrogens is 236 g/mol. The van der Waals surface area contributed by atoms with Gasteiger partial charge in [0.2, 0.25) is 0 Å². The summed E-state index contributed by atoms with van der Waals surface area (Å²) >= 11 is 6.06. The molecule has 0 radical (unpaired) electrons. The van der Waals surface area contributed by atoms with Crippen LogP contribution < -0.4 is 0 Å². The molecule has 0 unspecified atom stereocenters. The number of aromatic hydroxyl groups is 1. The Bertz CT molecular complexity index is 559. The van der Waals surface area contributed by atoms with E-state index in [1.165, 1.54) is 13.0 Å². The third-order valence-electron chi connectivity index (χ3n) is 2.55. The molecule has 0 aromatic heterocycles. The van der Waals surface area contributed by atoms with Gasteiger partial charge in [-0.3, -0.25) is 4.79 Å². The second kappa shape index (κ2) is 4.60. The SMILES string of the molecule is CC(=O)c1ccc(-c2cc(O)ccc2Cl)cc1. The predicted octanol–water partition coefficient (Wildman–Crippen LogP) is 3.92. The Labute approximate surface area is 104 Å². The van der Waals surface area contributed by atoms with E-state index < -0.39 is 0 Å². The van der Waals surface area contributed by atoms with E-state index in [1.54, 1.807) is 24.3 Å². The number of hydrogen-bond acceptors (Lipinski definition) is 2. The number of halogens is 1. The lowest BCUT2D eigenvalue weighted by molar-refractivity contribution is 0.101. The first-order chi connectivity index (χ1) is 8.08. The summed E-state index contributed by atoms with van der Waals surface area (Å²) in [7, 11) is 0. The molecule has 0 amide bonds. The van der Waals surface area contributed by atoms with Gasteiger partial charge in [-0.2, -0.15) is 0 Å². The molecule has 2 rings (SSSR count). The molecule has 1 N–H and O–H groups in total. The number of benzene rings is 2. The van der Waals surface area contributed by atoms with Crippen molar-refractivity contribution >= 4 is 17.4 Å². The van der Waals surface area contributed by atoms with Gasteiger partial charge in [0.1, 0.15) is 5.75 Å². The maximum atomic E-state index is 11.1. The van der Waals surface area contributed by atoms with Crippen molar-refractivity contribution in [2.45, 2.75) is 6.92 Å². The minimum absolute atomic E-state index is 0.0264. The Kier molecular flexibility index (Phi) is 3.16. The Morgan fingerprint density at radius 1 is 1.12 bits per heavy atom. The highest BCUT2D eigenvalue weighted by Gasteiger charge is 2.05. The zero-order valence-corrected chi connectivity index (χ0v) is 10.0. The molecule has 17 heavy (non-hydrogen) atoms. The van der Waals surface area contributed by atoms with Crippen molar-refractivity contribution in [3.8, 4) is 16.9 Å². The number of carbonyl (C=O) groups excluding carboxylic acids is 1. The third kappa shape index (κ3) is 2.48. The van der Waals surface area contributed by atoms with Gasteiger partial charge in [0.25, 0.3) is 0 Å². The first-order valence-corrected chi connectivity index (χ1v) is 5.55. The lowest BCUT2D eigenvalue weighted by Crippen LogP contribution is -1.90. The average Bonchev–Trinajstić information content (AvgIpc) is 2.32. The van der Waals surface area contributed by atoms with Gasteiger partial charge in [-0.05, 0) is 30.7 Å². The van der Waals surface area contributed by atoms with Crippen LogP contribution in [0.3, 0.4) is 0 Å². The highest BCUT2D eigenvalue weighted by atomic mass is 35.5. The fraction of sp³-hybridized carbons (Fsp3) is 0.0714. The zero-order chi connectivity index (χ0) is 12.4. The fourth-order valence-corrected chi connectivity index (χ4v) is 1.85. The minimum atomic E-state index is 0.0264. The first kappa shape index (κ1) is 11.7. The van der Waals surface area contributed by atoms with Crippen LogP contribution in [-0.4, -0.2) is 10.9 Å². The average molecular weight is 247 g/mol. The topological polar surface area (TPSA) is 37.3 Å². The van der Waals surface area contributed by atoms with Crippen molar-refractivity contribution in [2.75, 3.05) is 0 Å². The van der Waals surface area contributed by atoms with E-state index in [0.29, 0.717) is 10.6 Å². The second-order valence-electron chi connectivity index (χ2n) is 3.80. The summed E-state index contributed by atoms with van der Waals surface area (Å²) in [5.41, 5.74) is 2.28. The van der Waals surface area contributed by atoms with Gasteiger partial charge in [-0.25, -0.2) is 0 Å². The van der Waals surface area contributed by atoms with Crippen molar-refractivity contribution < 1.29 is 9.90 Å². The maximum absolute atomic E-state index is 11.1.